The average molecular weight is 250 g/mol. The molecule has 0 saturated carbocycles. The highest BCUT2D eigenvalue weighted by Gasteiger charge is 2.10. The topological polar surface area (TPSA) is 78.4 Å². The maximum absolute atomic E-state index is 11.5. The Hall–Kier alpha value is -2.04. The smallest absolute Gasteiger partial charge is 0.315 e. The van der Waals surface area contributed by atoms with Crippen LogP contribution in [0, 0.1) is 6.92 Å². The fourth-order valence-corrected chi connectivity index (χ4v) is 1.57. The Labute approximate surface area is 106 Å². The Balaban J connectivity index is 2.38. The van der Waals surface area contributed by atoms with Crippen LogP contribution in [0.5, 0.6) is 0 Å². The first-order valence-electron chi connectivity index (χ1n) is 5.79. The summed E-state index contributed by atoms with van der Waals surface area (Å²) in [5, 5.41) is 13.8. The van der Waals surface area contributed by atoms with E-state index in [0.29, 0.717) is 6.54 Å². The van der Waals surface area contributed by atoms with E-state index in [1.807, 2.05) is 31.2 Å². The van der Waals surface area contributed by atoms with E-state index in [2.05, 4.69) is 10.6 Å². The van der Waals surface area contributed by atoms with Gasteiger partial charge in [0.15, 0.2) is 0 Å². The van der Waals surface area contributed by atoms with Gasteiger partial charge in [-0.2, -0.15) is 0 Å². The zero-order chi connectivity index (χ0) is 13.5. The van der Waals surface area contributed by atoms with Gasteiger partial charge in [0.05, 0.1) is 6.42 Å². The number of hydrogen-bond acceptors (Lipinski definition) is 2. The first kappa shape index (κ1) is 14.0. The van der Waals surface area contributed by atoms with Gasteiger partial charge in [0.1, 0.15) is 0 Å². The Bertz CT molecular complexity index is 432. The molecule has 1 aromatic rings. The Kier molecular flexibility index (Phi) is 5.17. The van der Waals surface area contributed by atoms with Crippen molar-refractivity contribution in [3.8, 4) is 0 Å². The number of carbonyl (C=O) groups excluding carboxylic acids is 1. The molecule has 2 amide bonds. The third kappa shape index (κ3) is 4.86. The van der Waals surface area contributed by atoms with Crippen molar-refractivity contribution in [2.45, 2.75) is 32.9 Å². The van der Waals surface area contributed by atoms with Crippen molar-refractivity contribution in [3.63, 3.8) is 0 Å². The summed E-state index contributed by atoms with van der Waals surface area (Å²) in [6.45, 7) is 4.06. The summed E-state index contributed by atoms with van der Waals surface area (Å²) in [5.41, 5.74) is 2.15. The van der Waals surface area contributed by atoms with Crippen molar-refractivity contribution in [3.05, 3.63) is 35.4 Å². The predicted octanol–water partition coefficient (Wildman–Crippen LogP) is 1.66. The normalized spacial score (nSPS) is 11.7. The van der Waals surface area contributed by atoms with E-state index in [1.54, 1.807) is 6.92 Å². The number of benzene rings is 1. The summed E-state index contributed by atoms with van der Waals surface area (Å²) in [7, 11) is 0. The number of rotatable bonds is 5. The predicted molar refractivity (Wildman–Crippen MR) is 68.3 cm³/mol. The monoisotopic (exact) mass is 250 g/mol. The van der Waals surface area contributed by atoms with Crippen molar-refractivity contribution in [2.75, 3.05) is 0 Å². The van der Waals surface area contributed by atoms with Crippen molar-refractivity contribution < 1.29 is 14.7 Å². The van der Waals surface area contributed by atoms with Crippen LogP contribution in [0.2, 0.25) is 0 Å². The number of nitrogens with one attached hydrogen (secondary N) is 2. The molecule has 5 nitrogen and oxygen atoms in total. The second-order valence-corrected chi connectivity index (χ2v) is 4.25. The summed E-state index contributed by atoms with van der Waals surface area (Å²) in [4.78, 5) is 21.9. The minimum atomic E-state index is -0.929. The lowest BCUT2D eigenvalue weighted by atomic mass is 10.1. The summed E-state index contributed by atoms with van der Waals surface area (Å²) in [5.74, 6) is -0.929. The number of aliphatic carboxylic acids is 1. The summed E-state index contributed by atoms with van der Waals surface area (Å²) >= 11 is 0. The lowest BCUT2D eigenvalue weighted by Crippen LogP contribution is -2.41. The van der Waals surface area contributed by atoms with Crippen LogP contribution in [-0.4, -0.2) is 23.1 Å². The molecule has 5 heteroatoms. The quantitative estimate of drug-likeness (QED) is 0.743. The Morgan fingerprint density at radius 2 is 2.00 bits per heavy atom. The maximum atomic E-state index is 11.5. The molecule has 0 spiro atoms. The molecule has 0 radical (unpaired) electrons. The van der Waals surface area contributed by atoms with Gasteiger partial charge in [0.25, 0.3) is 0 Å². The van der Waals surface area contributed by atoms with E-state index < -0.39 is 5.97 Å². The van der Waals surface area contributed by atoms with E-state index in [0.717, 1.165) is 11.1 Å². The van der Waals surface area contributed by atoms with Crippen LogP contribution in [0.4, 0.5) is 4.79 Å². The van der Waals surface area contributed by atoms with Crippen LogP contribution >= 0.6 is 0 Å². The molecule has 0 aliphatic heterocycles. The second-order valence-electron chi connectivity index (χ2n) is 4.25. The molecular weight excluding hydrogens is 232 g/mol. The first-order valence-corrected chi connectivity index (χ1v) is 5.79. The number of carbonyl (C=O) groups is 2. The van der Waals surface area contributed by atoms with Crippen LogP contribution in [-0.2, 0) is 11.3 Å². The molecule has 98 valence electrons. The molecule has 1 rings (SSSR count). The van der Waals surface area contributed by atoms with Crippen LogP contribution in [0.3, 0.4) is 0 Å². The highest BCUT2D eigenvalue weighted by molar-refractivity contribution is 5.75. The molecule has 0 aliphatic carbocycles. The number of carboxylic acid groups (broad SMARTS) is 1. The van der Waals surface area contributed by atoms with E-state index in [9.17, 15) is 9.59 Å². The largest absolute Gasteiger partial charge is 0.481 e. The molecule has 1 atom stereocenters. The molecule has 3 N–H and O–H groups in total. The standard InChI is InChI=1S/C13H18N2O3/c1-9-5-3-4-6-11(9)8-14-13(18)15-10(2)7-12(16)17/h3-6,10H,7-8H2,1-2H3,(H,16,17)(H2,14,15,18). The molecule has 0 fully saturated rings. The van der Waals surface area contributed by atoms with Crippen molar-refractivity contribution in [1.82, 2.24) is 10.6 Å². The van der Waals surface area contributed by atoms with E-state index >= 15 is 0 Å². The van der Waals surface area contributed by atoms with Gasteiger partial charge in [-0.3, -0.25) is 4.79 Å². The van der Waals surface area contributed by atoms with E-state index in [1.165, 1.54) is 0 Å². The summed E-state index contributed by atoms with van der Waals surface area (Å²) in [6, 6.07) is 7.02. The highest BCUT2D eigenvalue weighted by atomic mass is 16.4. The molecule has 0 bridgehead atoms. The van der Waals surface area contributed by atoms with Crippen molar-refractivity contribution >= 4 is 12.0 Å². The first-order chi connectivity index (χ1) is 8.49. The minimum absolute atomic E-state index is 0.0855. The second kappa shape index (κ2) is 6.64. The lowest BCUT2D eigenvalue weighted by Gasteiger charge is -2.13. The van der Waals surface area contributed by atoms with E-state index in [4.69, 9.17) is 5.11 Å². The third-order valence-corrected chi connectivity index (χ3v) is 2.56. The molecule has 0 aromatic heterocycles. The van der Waals surface area contributed by atoms with Crippen LogP contribution in [0.25, 0.3) is 0 Å². The maximum Gasteiger partial charge on any atom is 0.315 e. The number of hydrogen-bond donors (Lipinski definition) is 3. The van der Waals surface area contributed by atoms with Gasteiger partial charge in [-0.1, -0.05) is 24.3 Å². The Morgan fingerprint density at radius 1 is 1.33 bits per heavy atom. The summed E-state index contributed by atoms with van der Waals surface area (Å²) < 4.78 is 0. The number of carboxylic acids is 1. The average Bonchev–Trinajstić information content (AvgIpc) is 2.26. The fourth-order valence-electron chi connectivity index (χ4n) is 1.57. The van der Waals surface area contributed by atoms with Gasteiger partial charge in [-0.05, 0) is 25.0 Å². The van der Waals surface area contributed by atoms with Crippen molar-refractivity contribution in [1.29, 1.82) is 0 Å². The van der Waals surface area contributed by atoms with Gasteiger partial charge in [-0.25, -0.2) is 4.79 Å². The number of aryl methyl sites for hydroxylation is 1. The third-order valence-electron chi connectivity index (χ3n) is 2.56. The molecule has 1 aromatic carbocycles. The zero-order valence-electron chi connectivity index (χ0n) is 10.6. The van der Waals surface area contributed by atoms with Gasteiger partial charge < -0.3 is 15.7 Å². The number of urea groups is 1. The molecule has 18 heavy (non-hydrogen) atoms. The lowest BCUT2D eigenvalue weighted by molar-refractivity contribution is -0.137. The van der Waals surface area contributed by atoms with Gasteiger partial charge in [0.2, 0.25) is 0 Å². The Morgan fingerprint density at radius 3 is 2.61 bits per heavy atom. The van der Waals surface area contributed by atoms with Crippen LogP contribution < -0.4 is 10.6 Å². The highest BCUT2D eigenvalue weighted by Crippen LogP contribution is 2.05. The summed E-state index contributed by atoms with van der Waals surface area (Å²) in [6.07, 6.45) is -0.0855. The zero-order valence-corrected chi connectivity index (χ0v) is 10.6. The van der Waals surface area contributed by atoms with Gasteiger partial charge in [-0.15, -0.1) is 0 Å². The van der Waals surface area contributed by atoms with Crippen LogP contribution in [0.1, 0.15) is 24.5 Å². The minimum Gasteiger partial charge on any atom is -0.481 e. The fraction of sp³-hybridized carbons (Fsp3) is 0.385. The molecule has 0 saturated heterocycles. The molecule has 1 unspecified atom stereocenters. The van der Waals surface area contributed by atoms with Crippen molar-refractivity contribution in [2.24, 2.45) is 0 Å². The van der Waals surface area contributed by atoms with Gasteiger partial charge >= 0.3 is 12.0 Å². The van der Waals surface area contributed by atoms with Gasteiger partial charge in [0, 0.05) is 12.6 Å². The molecule has 0 heterocycles. The number of amides is 2. The molecular formula is C13H18N2O3. The van der Waals surface area contributed by atoms with Crippen LogP contribution in [0.15, 0.2) is 24.3 Å². The van der Waals surface area contributed by atoms with E-state index in [-0.39, 0.29) is 18.5 Å². The molecule has 0 aliphatic rings. The SMILES string of the molecule is Cc1ccccc1CNC(=O)NC(C)CC(=O)O.